The van der Waals surface area contributed by atoms with Crippen molar-refractivity contribution in [1.29, 1.82) is 0 Å². The molecule has 0 radical (unpaired) electrons. The molecule has 0 fully saturated rings. The molecule has 0 spiro atoms. The summed E-state index contributed by atoms with van der Waals surface area (Å²) in [5.74, 6) is -0.0944. The zero-order valence-corrected chi connectivity index (χ0v) is 21.1. The first-order valence-electron chi connectivity index (χ1n) is 10.3. The normalized spacial score (nSPS) is 13.7. The molecule has 1 atom stereocenters. The van der Waals surface area contributed by atoms with Crippen molar-refractivity contribution in [3.05, 3.63) is 57.7 Å². The Hall–Kier alpha value is -1.94. The van der Waals surface area contributed by atoms with Crippen molar-refractivity contribution in [2.75, 3.05) is 0 Å². The van der Waals surface area contributed by atoms with Crippen LogP contribution < -0.4 is 0 Å². The molecule has 31 heavy (non-hydrogen) atoms. The van der Waals surface area contributed by atoms with Gasteiger partial charge >= 0.3 is 0 Å². The third kappa shape index (κ3) is 3.57. The molecule has 164 valence electrons. The van der Waals surface area contributed by atoms with E-state index in [0.29, 0.717) is 5.52 Å². The van der Waals surface area contributed by atoms with Crippen molar-refractivity contribution < 1.29 is 12.8 Å². The van der Waals surface area contributed by atoms with Gasteiger partial charge in [-0.25, -0.2) is 12.8 Å². The molecular formula is C23H25FIN3O2S. The third-order valence-electron chi connectivity index (χ3n) is 5.88. The molecule has 8 heteroatoms. The predicted octanol–water partition coefficient (Wildman–Crippen LogP) is 6.07. The Bertz CT molecular complexity index is 1390. The van der Waals surface area contributed by atoms with E-state index in [-0.39, 0.29) is 17.7 Å². The molecule has 0 N–H and O–H groups in total. The minimum atomic E-state index is -3.62. The maximum atomic E-state index is 13.5. The molecule has 0 aliphatic rings. The fourth-order valence-electron chi connectivity index (χ4n) is 3.85. The molecule has 2 heterocycles. The van der Waals surface area contributed by atoms with Crippen LogP contribution in [-0.2, 0) is 10.0 Å². The standard InChI is InChI=1S/C23H25FIN3O2S/c1-13(2)15(5)31(29,30)28-20-11-19-21(10-16(20)12-26-28)27(23(14(3)4)22(19)25)18-8-6-17(24)7-9-18/h6-15H,1-5H3/t15-/m0/s1. The van der Waals surface area contributed by atoms with Gasteiger partial charge in [0.05, 0.1) is 22.5 Å². The lowest BCUT2D eigenvalue weighted by atomic mass is 10.1. The minimum absolute atomic E-state index is 0.0276. The van der Waals surface area contributed by atoms with Crippen molar-refractivity contribution in [3.63, 3.8) is 0 Å². The van der Waals surface area contributed by atoms with Crippen LogP contribution in [0.5, 0.6) is 0 Å². The fourth-order valence-corrected chi connectivity index (χ4v) is 6.76. The Morgan fingerprint density at radius 3 is 2.23 bits per heavy atom. The number of rotatable bonds is 5. The van der Waals surface area contributed by atoms with Crippen LogP contribution in [0, 0.1) is 15.3 Å². The van der Waals surface area contributed by atoms with Gasteiger partial charge in [-0.1, -0.05) is 27.7 Å². The van der Waals surface area contributed by atoms with Crippen LogP contribution in [0.3, 0.4) is 0 Å². The molecule has 4 rings (SSSR count). The minimum Gasteiger partial charge on any atom is -0.312 e. The van der Waals surface area contributed by atoms with Crippen LogP contribution in [0.15, 0.2) is 42.6 Å². The Morgan fingerprint density at radius 2 is 1.65 bits per heavy atom. The number of hydrogen-bond acceptors (Lipinski definition) is 3. The van der Waals surface area contributed by atoms with E-state index in [1.165, 1.54) is 16.2 Å². The van der Waals surface area contributed by atoms with Crippen molar-refractivity contribution in [3.8, 4) is 5.69 Å². The number of aromatic nitrogens is 3. The fraction of sp³-hybridized carbons (Fsp3) is 0.348. The molecule has 0 saturated carbocycles. The van der Waals surface area contributed by atoms with Gasteiger partial charge in [0.25, 0.3) is 10.0 Å². The molecule has 0 saturated heterocycles. The molecule has 4 aromatic rings. The van der Waals surface area contributed by atoms with Crippen LogP contribution in [0.4, 0.5) is 4.39 Å². The van der Waals surface area contributed by atoms with Crippen molar-refractivity contribution >= 4 is 54.4 Å². The highest BCUT2D eigenvalue weighted by molar-refractivity contribution is 14.1. The third-order valence-corrected chi connectivity index (χ3v) is 9.27. The molecule has 2 aromatic carbocycles. The Balaban J connectivity index is 2.04. The molecule has 0 unspecified atom stereocenters. The van der Waals surface area contributed by atoms with Gasteiger partial charge in [0.1, 0.15) is 5.82 Å². The lowest BCUT2D eigenvalue weighted by Crippen LogP contribution is -2.29. The molecule has 0 aliphatic carbocycles. The summed E-state index contributed by atoms with van der Waals surface area (Å²) in [7, 11) is -3.62. The van der Waals surface area contributed by atoms with E-state index in [1.807, 2.05) is 26.0 Å². The van der Waals surface area contributed by atoms with E-state index in [2.05, 4.69) is 46.1 Å². The van der Waals surface area contributed by atoms with E-state index < -0.39 is 15.3 Å². The second kappa shape index (κ2) is 7.88. The Kier molecular flexibility index (Phi) is 5.66. The van der Waals surface area contributed by atoms with E-state index >= 15 is 0 Å². The van der Waals surface area contributed by atoms with Crippen molar-refractivity contribution in [2.45, 2.75) is 45.8 Å². The van der Waals surface area contributed by atoms with Gasteiger partial charge in [0.15, 0.2) is 0 Å². The second-order valence-corrected chi connectivity index (χ2v) is 11.8. The Morgan fingerprint density at radius 1 is 1.00 bits per heavy atom. The number of nitrogens with zero attached hydrogens (tertiary/aromatic N) is 3. The summed E-state index contributed by atoms with van der Waals surface area (Å²) in [4.78, 5) is 0. The first-order chi connectivity index (χ1) is 14.5. The topological polar surface area (TPSA) is 56.9 Å². The lowest BCUT2D eigenvalue weighted by Gasteiger charge is -2.16. The summed E-state index contributed by atoms with van der Waals surface area (Å²) in [6.45, 7) is 9.75. The SMILES string of the molecule is CC(C)c1c(I)c2cc3c(cnn3S(=O)(=O)[C@@H](C)C(C)C)cc2n1-c1ccc(F)cc1. The van der Waals surface area contributed by atoms with Gasteiger partial charge in [-0.15, -0.1) is 0 Å². The van der Waals surface area contributed by atoms with Crippen LogP contribution in [0.1, 0.15) is 46.2 Å². The number of benzene rings is 2. The average molecular weight is 553 g/mol. The van der Waals surface area contributed by atoms with Gasteiger partial charge in [-0.05, 0) is 77.7 Å². The average Bonchev–Trinajstić information content (AvgIpc) is 3.25. The number of hydrogen-bond donors (Lipinski definition) is 0. The van der Waals surface area contributed by atoms with E-state index in [9.17, 15) is 12.8 Å². The Labute approximate surface area is 195 Å². The summed E-state index contributed by atoms with van der Waals surface area (Å²) in [6, 6.07) is 10.3. The zero-order chi connectivity index (χ0) is 22.7. The summed E-state index contributed by atoms with van der Waals surface area (Å²) in [5.41, 5.74) is 3.49. The molecular weight excluding hydrogens is 528 g/mol. The highest BCUT2D eigenvalue weighted by Crippen LogP contribution is 2.37. The summed E-state index contributed by atoms with van der Waals surface area (Å²) in [5, 5.41) is 5.39. The lowest BCUT2D eigenvalue weighted by molar-refractivity contribution is 0.534. The quantitative estimate of drug-likeness (QED) is 0.282. The molecule has 0 amide bonds. The van der Waals surface area contributed by atoms with Crippen LogP contribution >= 0.6 is 22.6 Å². The zero-order valence-electron chi connectivity index (χ0n) is 18.1. The van der Waals surface area contributed by atoms with Gasteiger partial charge in [0, 0.05) is 25.7 Å². The van der Waals surface area contributed by atoms with Gasteiger partial charge in [-0.2, -0.15) is 9.19 Å². The molecule has 0 aliphatic heterocycles. The van der Waals surface area contributed by atoms with Gasteiger partial charge in [0.2, 0.25) is 0 Å². The van der Waals surface area contributed by atoms with Gasteiger partial charge in [-0.3, -0.25) is 0 Å². The van der Waals surface area contributed by atoms with E-state index in [1.54, 1.807) is 25.3 Å². The van der Waals surface area contributed by atoms with Gasteiger partial charge < -0.3 is 4.57 Å². The summed E-state index contributed by atoms with van der Waals surface area (Å²) in [6.07, 6.45) is 1.60. The molecule has 5 nitrogen and oxygen atoms in total. The largest absolute Gasteiger partial charge is 0.312 e. The van der Waals surface area contributed by atoms with Crippen LogP contribution in [-0.4, -0.2) is 27.4 Å². The summed E-state index contributed by atoms with van der Waals surface area (Å²) < 4.78 is 44.2. The number of halogens is 2. The highest BCUT2D eigenvalue weighted by Gasteiger charge is 2.29. The van der Waals surface area contributed by atoms with Crippen LogP contribution in [0.25, 0.3) is 27.5 Å². The van der Waals surface area contributed by atoms with E-state index in [4.69, 9.17) is 0 Å². The predicted molar refractivity (Wildman–Crippen MR) is 132 cm³/mol. The highest BCUT2D eigenvalue weighted by atomic mass is 127. The maximum absolute atomic E-state index is 13.5. The number of fused-ring (bicyclic) bond motifs is 2. The van der Waals surface area contributed by atoms with E-state index in [0.717, 1.165) is 31.2 Å². The second-order valence-electron chi connectivity index (χ2n) is 8.58. The smallest absolute Gasteiger partial charge is 0.257 e. The molecule has 0 bridgehead atoms. The first-order valence-corrected chi connectivity index (χ1v) is 12.8. The van der Waals surface area contributed by atoms with Crippen LogP contribution in [0.2, 0.25) is 0 Å². The molecule has 2 aromatic heterocycles. The first kappa shape index (κ1) is 22.3. The summed E-state index contributed by atoms with van der Waals surface area (Å²) >= 11 is 2.32. The maximum Gasteiger partial charge on any atom is 0.257 e. The van der Waals surface area contributed by atoms with Crippen molar-refractivity contribution in [1.82, 2.24) is 13.8 Å². The van der Waals surface area contributed by atoms with Crippen molar-refractivity contribution in [2.24, 2.45) is 5.92 Å². The monoisotopic (exact) mass is 553 g/mol.